The van der Waals surface area contributed by atoms with Gasteiger partial charge in [0.25, 0.3) is 0 Å². The molecule has 0 heterocycles. The van der Waals surface area contributed by atoms with Crippen LogP contribution in [0.15, 0.2) is 78.7 Å². The zero-order valence-electron chi connectivity index (χ0n) is 15.2. The van der Waals surface area contributed by atoms with Gasteiger partial charge in [0.1, 0.15) is 0 Å². The Balaban J connectivity index is 0.000000300. The van der Waals surface area contributed by atoms with Crippen molar-refractivity contribution in [3.8, 4) is 5.75 Å². The summed E-state index contributed by atoms with van der Waals surface area (Å²) in [5, 5.41) is 8.63. The van der Waals surface area contributed by atoms with Crippen LogP contribution >= 0.6 is 11.6 Å². The van der Waals surface area contributed by atoms with Gasteiger partial charge in [-0.1, -0.05) is 49.0 Å². The Morgan fingerprint density at radius 3 is 2.07 bits per heavy atom. The van der Waals surface area contributed by atoms with E-state index in [2.05, 4.69) is 22.4 Å². The number of carboxylic acid groups (broad SMARTS) is 1. The van der Waals surface area contributed by atoms with Gasteiger partial charge in [-0.05, 0) is 28.6 Å². The average Bonchev–Trinajstić information content (AvgIpc) is 2.74. The first kappa shape index (κ1) is 24.6. The predicted molar refractivity (Wildman–Crippen MR) is 105 cm³/mol. The number of esters is 1. The van der Waals surface area contributed by atoms with Crippen molar-refractivity contribution in [2.24, 2.45) is 0 Å². The lowest BCUT2D eigenvalue weighted by Gasteiger charge is -2.05. The molecule has 9 nitrogen and oxygen atoms in total. The van der Waals surface area contributed by atoms with Crippen molar-refractivity contribution in [1.29, 1.82) is 0 Å². The van der Waals surface area contributed by atoms with Gasteiger partial charge < -0.3 is 9.84 Å². The number of ether oxygens (including phenoxy) is 1. The number of rotatable bonds is 7. The molecule has 0 atom stereocenters. The molecule has 1 N–H and O–H groups in total. The fraction of sp³-hybridized carbons (Fsp3) is 0. The smallest absolute Gasteiger partial charge is 0.366 e. The van der Waals surface area contributed by atoms with E-state index in [0.29, 0.717) is 0 Å². The standard InChI is InChI=1S/C10H7ClO4.C9H8O5S/c1-2-8(12)15-7-5-3-4-6(9(7)11)10(13)14;1-2-9(10)13-14-15(11,12)8-6-4-3-5-7-8/h2-5H,1H2,(H,13,14);2-7H,1H2. The van der Waals surface area contributed by atoms with E-state index in [-0.39, 0.29) is 21.2 Å². The van der Waals surface area contributed by atoms with E-state index in [4.69, 9.17) is 21.4 Å². The molecule has 0 aliphatic carbocycles. The third kappa shape index (κ3) is 7.51. The van der Waals surface area contributed by atoms with Gasteiger partial charge in [-0.2, -0.15) is 8.42 Å². The predicted octanol–water partition coefficient (Wildman–Crippen LogP) is 3.17. The van der Waals surface area contributed by atoms with Gasteiger partial charge in [0, 0.05) is 12.2 Å². The summed E-state index contributed by atoms with van der Waals surface area (Å²) in [6.07, 6.45) is 1.75. The quantitative estimate of drug-likeness (QED) is 0.220. The number of halogens is 1. The van der Waals surface area contributed by atoms with E-state index < -0.39 is 28.0 Å². The fourth-order valence-electron chi connectivity index (χ4n) is 1.64. The number of carbonyl (C=O) groups is 3. The molecule has 0 saturated heterocycles. The largest absolute Gasteiger partial charge is 0.478 e. The summed E-state index contributed by atoms with van der Waals surface area (Å²) in [7, 11) is -4.06. The molecule has 0 spiro atoms. The molecule has 0 amide bonds. The molecule has 30 heavy (non-hydrogen) atoms. The molecule has 0 unspecified atom stereocenters. The maximum absolute atomic E-state index is 11.3. The molecule has 2 aromatic rings. The summed E-state index contributed by atoms with van der Waals surface area (Å²) in [6, 6.07) is 11.5. The summed E-state index contributed by atoms with van der Waals surface area (Å²) < 4.78 is 31.4. The van der Waals surface area contributed by atoms with Gasteiger partial charge >= 0.3 is 28.0 Å². The summed E-state index contributed by atoms with van der Waals surface area (Å²) >= 11 is 5.71. The van der Waals surface area contributed by atoms with E-state index in [1.807, 2.05) is 0 Å². The van der Waals surface area contributed by atoms with Crippen molar-refractivity contribution in [2.75, 3.05) is 0 Å². The minimum atomic E-state index is -4.06. The van der Waals surface area contributed by atoms with E-state index in [0.717, 1.165) is 12.2 Å². The fourth-order valence-corrected chi connectivity index (χ4v) is 2.61. The first-order chi connectivity index (χ1) is 14.1. The van der Waals surface area contributed by atoms with Gasteiger partial charge in [0.2, 0.25) is 0 Å². The SMILES string of the molecule is C=CC(=O)OOS(=O)(=O)c1ccccc1.C=CC(=O)Oc1cccc(C(=O)O)c1Cl. The van der Waals surface area contributed by atoms with E-state index in [1.165, 1.54) is 42.5 Å². The molecule has 2 rings (SSSR count). The van der Waals surface area contributed by atoms with Crippen molar-refractivity contribution in [1.82, 2.24) is 0 Å². The van der Waals surface area contributed by atoms with Crippen molar-refractivity contribution in [3.05, 3.63) is 84.4 Å². The molecule has 0 aliphatic rings. The van der Waals surface area contributed by atoms with Gasteiger partial charge in [-0.3, -0.25) is 4.89 Å². The number of hydrogen-bond acceptors (Lipinski definition) is 8. The van der Waals surface area contributed by atoms with Crippen LogP contribution in [0.2, 0.25) is 5.02 Å². The van der Waals surface area contributed by atoms with Crippen molar-refractivity contribution in [2.45, 2.75) is 4.90 Å². The number of carboxylic acids is 1. The van der Waals surface area contributed by atoms with Gasteiger partial charge in [0.05, 0.1) is 15.5 Å². The second-order valence-corrected chi connectivity index (χ2v) is 6.88. The van der Waals surface area contributed by atoms with Crippen LogP contribution in [0.4, 0.5) is 0 Å². The molecular formula is C19H15ClO9S. The highest BCUT2D eigenvalue weighted by atomic mass is 35.5. The summed E-state index contributed by atoms with van der Waals surface area (Å²) in [5.41, 5.74) is -0.119. The highest BCUT2D eigenvalue weighted by molar-refractivity contribution is 7.86. The molecule has 0 fully saturated rings. The second kappa shape index (κ2) is 11.5. The van der Waals surface area contributed by atoms with Crippen molar-refractivity contribution in [3.63, 3.8) is 0 Å². The number of carbonyl (C=O) groups excluding carboxylic acids is 2. The summed E-state index contributed by atoms with van der Waals surface area (Å²) in [5.74, 6) is -2.85. The Kier molecular flexibility index (Phi) is 9.43. The Morgan fingerprint density at radius 1 is 0.933 bits per heavy atom. The van der Waals surface area contributed by atoms with Crippen LogP contribution in [0.3, 0.4) is 0 Å². The molecule has 0 aliphatic heterocycles. The maximum Gasteiger partial charge on any atom is 0.366 e. The minimum Gasteiger partial charge on any atom is -0.478 e. The summed E-state index contributed by atoms with van der Waals surface area (Å²) in [6.45, 7) is 6.29. The lowest BCUT2D eigenvalue weighted by atomic mass is 10.2. The molecule has 2 aromatic carbocycles. The average molecular weight is 455 g/mol. The Labute approximate surface area is 176 Å². The third-order valence-corrected chi connectivity index (χ3v) is 4.46. The molecule has 11 heteroatoms. The molecule has 0 bridgehead atoms. The van der Waals surface area contributed by atoms with Gasteiger partial charge in [0.15, 0.2) is 5.75 Å². The number of hydrogen-bond donors (Lipinski definition) is 1. The van der Waals surface area contributed by atoms with Crippen LogP contribution in [0.5, 0.6) is 5.75 Å². The zero-order valence-corrected chi connectivity index (χ0v) is 16.8. The summed E-state index contributed by atoms with van der Waals surface area (Å²) in [4.78, 5) is 36.0. The van der Waals surface area contributed by atoms with Crippen LogP contribution in [-0.2, 0) is 28.9 Å². The Bertz CT molecular complexity index is 1050. The van der Waals surface area contributed by atoms with Crippen LogP contribution in [-0.4, -0.2) is 31.4 Å². The Hall–Kier alpha value is -3.47. The lowest BCUT2D eigenvalue weighted by Crippen LogP contribution is -2.10. The molecule has 158 valence electrons. The maximum atomic E-state index is 11.3. The van der Waals surface area contributed by atoms with Crippen LogP contribution in [0, 0.1) is 0 Å². The molecule has 0 aromatic heterocycles. The zero-order chi connectivity index (χ0) is 22.7. The number of aromatic carboxylic acids is 1. The monoisotopic (exact) mass is 454 g/mol. The van der Waals surface area contributed by atoms with E-state index in [9.17, 15) is 22.8 Å². The topological polar surface area (TPSA) is 133 Å². The van der Waals surface area contributed by atoms with Gasteiger partial charge in [-0.25, -0.2) is 14.4 Å². The third-order valence-electron chi connectivity index (χ3n) is 2.98. The Morgan fingerprint density at radius 2 is 1.53 bits per heavy atom. The first-order valence-corrected chi connectivity index (χ1v) is 9.59. The van der Waals surface area contributed by atoms with Gasteiger partial charge in [-0.15, -0.1) is 0 Å². The van der Waals surface area contributed by atoms with E-state index >= 15 is 0 Å². The molecule has 0 radical (unpaired) electrons. The highest BCUT2D eigenvalue weighted by Crippen LogP contribution is 2.28. The normalized spacial score (nSPS) is 10.0. The minimum absolute atomic E-state index is 0.00136. The second-order valence-electron chi connectivity index (χ2n) is 4.99. The van der Waals surface area contributed by atoms with Crippen molar-refractivity contribution < 1.29 is 41.9 Å². The number of benzene rings is 2. The first-order valence-electron chi connectivity index (χ1n) is 7.81. The molecular weight excluding hydrogens is 440 g/mol. The van der Waals surface area contributed by atoms with Crippen molar-refractivity contribution >= 4 is 39.6 Å². The highest BCUT2D eigenvalue weighted by Gasteiger charge is 2.17. The van der Waals surface area contributed by atoms with Crippen LogP contribution in [0.1, 0.15) is 10.4 Å². The van der Waals surface area contributed by atoms with Crippen LogP contribution < -0.4 is 4.74 Å². The van der Waals surface area contributed by atoms with E-state index in [1.54, 1.807) is 6.07 Å². The van der Waals surface area contributed by atoms with Crippen LogP contribution in [0.25, 0.3) is 0 Å². The molecule has 0 saturated carbocycles. The lowest BCUT2D eigenvalue weighted by molar-refractivity contribution is -0.204.